The molecule has 1 amide bonds. The Morgan fingerprint density at radius 2 is 1.89 bits per heavy atom. The average molecular weight is 322 g/mol. The lowest BCUT2D eigenvalue weighted by molar-refractivity contribution is 0.102. The van der Waals surface area contributed by atoms with Crippen molar-refractivity contribution in [3.8, 4) is 0 Å². The quantitative estimate of drug-likeness (QED) is 0.891. The highest BCUT2D eigenvalue weighted by Crippen LogP contribution is 2.25. The fourth-order valence-electron chi connectivity index (χ4n) is 1.76. The smallest absolute Gasteiger partial charge is 0.276 e. The second-order valence-corrected chi connectivity index (χ2v) is 5.09. The molecule has 0 aliphatic carbocycles. The van der Waals surface area contributed by atoms with Crippen LogP contribution in [0.4, 0.5) is 5.69 Å². The van der Waals surface area contributed by atoms with Gasteiger partial charge in [-0.05, 0) is 43.2 Å². The lowest BCUT2D eigenvalue weighted by Gasteiger charge is -2.11. The Bertz CT molecular complexity index is 651. The predicted octanol–water partition coefficient (Wildman–Crippen LogP) is 2.40. The molecular formula is C13H12BrN3O2. The summed E-state index contributed by atoms with van der Waals surface area (Å²) < 4.78 is 0.961. The molecule has 2 aromatic rings. The van der Waals surface area contributed by atoms with Gasteiger partial charge in [0.1, 0.15) is 5.69 Å². The summed E-state index contributed by atoms with van der Waals surface area (Å²) in [4.78, 5) is 22.9. The van der Waals surface area contributed by atoms with Gasteiger partial charge < -0.3 is 5.32 Å². The van der Waals surface area contributed by atoms with Crippen LogP contribution >= 0.6 is 15.9 Å². The van der Waals surface area contributed by atoms with Crippen LogP contribution in [0.3, 0.4) is 0 Å². The number of hydrogen-bond acceptors (Lipinski definition) is 3. The number of benzene rings is 1. The number of nitrogens with zero attached hydrogens (tertiary/aromatic N) is 1. The summed E-state index contributed by atoms with van der Waals surface area (Å²) in [6, 6.07) is 6.49. The van der Waals surface area contributed by atoms with E-state index >= 15 is 0 Å². The van der Waals surface area contributed by atoms with E-state index in [1.807, 2.05) is 26.0 Å². The Hall–Kier alpha value is -1.95. The number of rotatable bonds is 2. The van der Waals surface area contributed by atoms with E-state index in [1.54, 1.807) is 0 Å². The van der Waals surface area contributed by atoms with Crippen LogP contribution in [0.25, 0.3) is 0 Å². The number of carbonyl (C=O) groups excluding carboxylic acids is 1. The van der Waals surface area contributed by atoms with Crippen LogP contribution in [0.1, 0.15) is 21.6 Å². The molecule has 1 heterocycles. The molecule has 0 spiro atoms. The first-order valence-electron chi connectivity index (χ1n) is 5.61. The molecule has 2 rings (SSSR count). The van der Waals surface area contributed by atoms with E-state index < -0.39 is 0 Å². The Morgan fingerprint density at radius 1 is 1.26 bits per heavy atom. The maximum atomic E-state index is 12.0. The van der Waals surface area contributed by atoms with Crippen molar-refractivity contribution in [2.75, 3.05) is 5.32 Å². The zero-order chi connectivity index (χ0) is 14.0. The minimum absolute atomic E-state index is 0.168. The van der Waals surface area contributed by atoms with Crippen molar-refractivity contribution >= 4 is 27.5 Å². The zero-order valence-electron chi connectivity index (χ0n) is 10.5. The fourth-order valence-corrected chi connectivity index (χ4v) is 2.44. The third-order valence-corrected chi connectivity index (χ3v) is 3.11. The molecule has 1 aromatic carbocycles. The van der Waals surface area contributed by atoms with Gasteiger partial charge in [0.05, 0.1) is 0 Å². The highest BCUT2D eigenvalue weighted by Gasteiger charge is 2.11. The molecule has 0 unspecified atom stereocenters. The van der Waals surface area contributed by atoms with E-state index in [9.17, 15) is 9.59 Å². The maximum Gasteiger partial charge on any atom is 0.276 e. The summed E-state index contributed by atoms with van der Waals surface area (Å²) in [5, 5.41) is 8.72. The van der Waals surface area contributed by atoms with Crippen LogP contribution in [0.15, 0.2) is 33.5 Å². The SMILES string of the molecule is Cc1cc(Br)cc(C)c1NC(=O)c1ccc(=O)[nH]n1. The lowest BCUT2D eigenvalue weighted by atomic mass is 10.1. The van der Waals surface area contributed by atoms with Gasteiger partial charge in [0.15, 0.2) is 0 Å². The molecule has 0 radical (unpaired) electrons. The average Bonchev–Trinajstić information content (AvgIpc) is 2.34. The number of amides is 1. The number of halogens is 1. The molecular weight excluding hydrogens is 310 g/mol. The van der Waals surface area contributed by atoms with Crippen molar-refractivity contribution in [2.45, 2.75) is 13.8 Å². The lowest BCUT2D eigenvalue weighted by Crippen LogP contribution is -2.18. The normalized spacial score (nSPS) is 10.3. The van der Waals surface area contributed by atoms with E-state index in [4.69, 9.17) is 0 Å². The van der Waals surface area contributed by atoms with Gasteiger partial charge in [0.25, 0.3) is 11.5 Å². The number of anilines is 1. The highest BCUT2D eigenvalue weighted by molar-refractivity contribution is 9.10. The number of aromatic amines is 1. The monoisotopic (exact) mass is 321 g/mol. The van der Waals surface area contributed by atoms with E-state index in [0.29, 0.717) is 0 Å². The molecule has 0 bridgehead atoms. The van der Waals surface area contributed by atoms with Crippen molar-refractivity contribution < 1.29 is 4.79 Å². The number of H-pyrrole nitrogens is 1. The second kappa shape index (κ2) is 5.36. The van der Waals surface area contributed by atoms with Gasteiger partial charge in [0.2, 0.25) is 0 Å². The molecule has 0 fully saturated rings. The van der Waals surface area contributed by atoms with Crippen LogP contribution in [0, 0.1) is 13.8 Å². The zero-order valence-corrected chi connectivity index (χ0v) is 12.0. The number of hydrogen-bond donors (Lipinski definition) is 2. The van der Waals surface area contributed by atoms with Crippen LogP contribution in [0.2, 0.25) is 0 Å². The summed E-state index contributed by atoms with van der Waals surface area (Å²) >= 11 is 3.40. The minimum Gasteiger partial charge on any atom is -0.320 e. The Morgan fingerprint density at radius 3 is 2.42 bits per heavy atom. The maximum absolute atomic E-state index is 12.0. The fraction of sp³-hybridized carbons (Fsp3) is 0.154. The van der Waals surface area contributed by atoms with Gasteiger partial charge in [-0.3, -0.25) is 9.59 Å². The van der Waals surface area contributed by atoms with Gasteiger partial charge in [0, 0.05) is 16.2 Å². The van der Waals surface area contributed by atoms with Crippen molar-refractivity contribution in [3.63, 3.8) is 0 Å². The summed E-state index contributed by atoms with van der Waals surface area (Å²) in [5.41, 5.74) is 2.48. The summed E-state index contributed by atoms with van der Waals surface area (Å²) in [6.45, 7) is 3.82. The van der Waals surface area contributed by atoms with Crippen LogP contribution < -0.4 is 10.9 Å². The summed E-state index contributed by atoms with van der Waals surface area (Å²) in [6.07, 6.45) is 0. The van der Waals surface area contributed by atoms with Gasteiger partial charge in [-0.2, -0.15) is 5.10 Å². The molecule has 0 aliphatic heterocycles. The van der Waals surface area contributed by atoms with Gasteiger partial charge in [-0.1, -0.05) is 15.9 Å². The highest BCUT2D eigenvalue weighted by atomic mass is 79.9. The van der Waals surface area contributed by atoms with E-state index in [0.717, 1.165) is 21.3 Å². The molecule has 0 aliphatic rings. The predicted molar refractivity (Wildman–Crippen MR) is 76.4 cm³/mol. The first kappa shape index (κ1) is 13.5. The summed E-state index contributed by atoms with van der Waals surface area (Å²) in [5.74, 6) is -0.357. The molecule has 19 heavy (non-hydrogen) atoms. The van der Waals surface area contributed by atoms with E-state index in [1.165, 1.54) is 12.1 Å². The molecule has 98 valence electrons. The number of aromatic nitrogens is 2. The molecule has 0 saturated carbocycles. The summed E-state index contributed by atoms with van der Waals surface area (Å²) in [7, 11) is 0. The van der Waals surface area contributed by atoms with Gasteiger partial charge >= 0.3 is 0 Å². The Labute approximate surface area is 118 Å². The van der Waals surface area contributed by atoms with Crippen molar-refractivity contribution in [3.05, 3.63) is 55.9 Å². The Balaban J connectivity index is 2.29. The van der Waals surface area contributed by atoms with Crippen molar-refractivity contribution in [1.29, 1.82) is 0 Å². The molecule has 1 aromatic heterocycles. The van der Waals surface area contributed by atoms with Gasteiger partial charge in [-0.15, -0.1) is 0 Å². The topological polar surface area (TPSA) is 74.8 Å². The molecule has 0 atom stereocenters. The van der Waals surface area contributed by atoms with Crippen molar-refractivity contribution in [2.24, 2.45) is 0 Å². The Kier molecular flexibility index (Phi) is 3.80. The second-order valence-electron chi connectivity index (χ2n) is 4.18. The first-order valence-corrected chi connectivity index (χ1v) is 6.40. The largest absolute Gasteiger partial charge is 0.320 e. The van der Waals surface area contributed by atoms with Crippen molar-refractivity contribution in [1.82, 2.24) is 10.2 Å². The van der Waals surface area contributed by atoms with E-state index in [-0.39, 0.29) is 17.2 Å². The van der Waals surface area contributed by atoms with Crippen LogP contribution in [0.5, 0.6) is 0 Å². The molecule has 0 saturated heterocycles. The molecule has 6 heteroatoms. The number of carbonyl (C=O) groups is 1. The first-order chi connectivity index (χ1) is 8.97. The van der Waals surface area contributed by atoms with E-state index in [2.05, 4.69) is 31.4 Å². The van der Waals surface area contributed by atoms with Crippen LogP contribution in [-0.4, -0.2) is 16.1 Å². The number of nitrogens with one attached hydrogen (secondary N) is 2. The van der Waals surface area contributed by atoms with Gasteiger partial charge in [-0.25, -0.2) is 5.10 Å². The number of aryl methyl sites for hydroxylation is 2. The molecule has 2 N–H and O–H groups in total. The van der Waals surface area contributed by atoms with Crippen LogP contribution in [-0.2, 0) is 0 Å². The minimum atomic E-state index is -0.357. The molecule has 5 nitrogen and oxygen atoms in total. The standard InChI is InChI=1S/C13H12BrN3O2/c1-7-5-9(14)6-8(2)12(7)15-13(19)10-3-4-11(18)17-16-10/h3-6H,1-2H3,(H,15,19)(H,17,18). The third-order valence-electron chi connectivity index (χ3n) is 2.65. The third kappa shape index (κ3) is 3.08.